The van der Waals surface area contributed by atoms with Crippen LogP contribution in [0, 0.1) is 5.92 Å². The maximum absolute atomic E-state index is 12.2. The second-order valence-electron chi connectivity index (χ2n) is 5.04. The van der Waals surface area contributed by atoms with Crippen molar-refractivity contribution < 1.29 is 13.2 Å². The fourth-order valence-corrected chi connectivity index (χ4v) is 4.44. The summed E-state index contributed by atoms with van der Waals surface area (Å²) >= 11 is 1.88. The average Bonchev–Trinajstić information content (AvgIpc) is 3.00. The minimum atomic E-state index is -3.42. The lowest BCUT2D eigenvalue weighted by Crippen LogP contribution is -2.29. The first-order valence-electron chi connectivity index (χ1n) is 7.12. The molecule has 5 nitrogen and oxygen atoms in total. The second kappa shape index (κ2) is 8.03. The minimum Gasteiger partial charge on any atom is -0.494 e. The molecule has 21 heavy (non-hydrogen) atoms. The van der Waals surface area contributed by atoms with Crippen LogP contribution >= 0.6 is 11.8 Å². The molecule has 0 amide bonds. The van der Waals surface area contributed by atoms with E-state index < -0.39 is 10.0 Å². The summed E-state index contributed by atoms with van der Waals surface area (Å²) in [6.45, 7) is 1.64. The summed E-state index contributed by atoms with van der Waals surface area (Å²) in [5.74, 6) is 3.27. The van der Waals surface area contributed by atoms with Gasteiger partial charge in [-0.25, -0.2) is 13.1 Å². The monoisotopic (exact) mass is 330 g/mol. The van der Waals surface area contributed by atoms with Crippen LogP contribution in [-0.4, -0.2) is 39.6 Å². The van der Waals surface area contributed by atoms with Crippen molar-refractivity contribution in [1.82, 2.24) is 4.72 Å². The molecule has 118 valence electrons. The van der Waals surface area contributed by atoms with Crippen molar-refractivity contribution in [3.05, 3.63) is 24.3 Å². The van der Waals surface area contributed by atoms with E-state index in [-0.39, 0.29) is 4.90 Å². The maximum atomic E-state index is 12.2. The van der Waals surface area contributed by atoms with Gasteiger partial charge in [-0.1, -0.05) is 0 Å². The highest BCUT2D eigenvalue weighted by molar-refractivity contribution is 7.99. The summed E-state index contributed by atoms with van der Waals surface area (Å²) in [7, 11) is -3.42. The number of sulfonamides is 1. The second-order valence-corrected chi connectivity index (χ2v) is 7.96. The third-order valence-electron chi connectivity index (χ3n) is 3.34. The number of benzene rings is 1. The fourth-order valence-electron chi connectivity index (χ4n) is 2.04. The highest BCUT2D eigenvalue weighted by Crippen LogP contribution is 2.23. The van der Waals surface area contributed by atoms with E-state index in [4.69, 9.17) is 10.5 Å². The van der Waals surface area contributed by atoms with Crippen molar-refractivity contribution in [2.45, 2.75) is 17.7 Å². The molecule has 0 saturated carbocycles. The van der Waals surface area contributed by atoms with Crippen molar-refractivity contribution in [2.24, 2.45) is 11.7 Å². The van der Waals surface area contributed by atoms with Crippen LogP contribution in [0.1, 0.15) is 12.8 Å². The van der Waals surface area contributed by atoms with E-state index in [1.54, 1.807) is 24.3 Å². The molecule has 0 aromatic heterocycles. The zero-order chi connectivity index (χ0) is 15.1. The summed E-state index contributed by atoms with van der Waals surface area (Å²) < 4.78 is 32.5. The molecule has 0 spiro atoms. The Bertz CT molecular complexity index is 526. The van der Waals surface area contributed by atoms with Gasteiger partial charge in [-0.05, 0) is 61.1 Å². The molecule has 1 unspecified atom stereocenters. The molecule has 3 N–H and O–H groups in total. The molecule has 1 aromatic rings. The quantitative estimate of drug-likeness (QED) is 0.705. The molecule has 0 bridgehead atoms. The number of nitrogens with two attached hydrogens (primary N) is 1. The number of nitrogens with one attached hydrogen (secondary N) is 1. The van der Waals surface area contributed by atoms with Gasteiger partial charge in [-0.15, -0.1) is 0 Å². The van der Waals surface area contributed by atoms with Gasteiger partial charge in [-0.3, -0.25) is 0 Å². The Labute approximate surface area is 130 Å². The third-order valence-corrected chi connectivity index (χ3v) is 6.01. The fraction of sp³-hybridized carbons (Fsp3) is 0.571. The first kappa shape index (κ1) is 16.6. The Hall–Kier alpha value is -0.760. The molecule has 1 saturated heterocycles. The van der Waals surface area contributed by atoms with Crippen LogP contribution < -0.4 is 15.2 Å². The number of thioether (sulfide) groups is 1. The molecule has 1 aromatic carbocycles. The average molecular weight is 330 g/mol. The molecule has 2 rings (SSSR count). The molecule has 1 aliphatic heterocycles. The van der Waals surface area contributed by atoms with E-state index in [1.807, 2.05) is 11.8 Å². The topological polar surface area (TPSA) is 81.4 Å². The Morgan fingerprint density at radius 3 is 2.71 bits per heavy atom. The van der Waals surface area contributed by atoms with Crippen LogP contribution in [0.3, 0.4) is 0 Å². The van der Waals surface area contributed by atoms with Crippen molar-refractivity contribution in [2.75, 3.05) is 31.2 Å². The molecule has 7 heteroatoms. The van der Waals surface area contributed by atoms with Crippen molar-refractivity contribution in [3.8, 4) is 5.75 Å². The summed E-state index contributed by atoms with van der Waals surface area (Å²) in [5.41, 5.74) is 5.39. The van der Waals surface area contributed by atoms with E-state index in [0.717, 1.165) is 24.3 Å². The standard InChI is InChI=1S/C14H22N2O3S2/c15-7-1-8-19-13-2-4-14(5-3-13)21(17,18)16-10-12-6-9-20-11-12/h2-5,12,16H,1,6-11,15H2. The summed E-state index contributed by atoms with van der Waals surface area (Å²) in [6, 6.07) is 6.50. The lowest BCUT2D eigenvalue weighted by molar-refractivity contribution is 0.313. The van der Waals surface area contributed by atoms with Crippen LogP contribution in [0.25, 0.3) is 0 Å². The molecule has 1 fully saturated rings. The Kier molecular flexibility index (Phi) is 6.35. The van der Waals surface area contributed by atoms with Gasteiger partial charge >= 0.3 is 0 Å². The normalized spacial score (nSPS) is 18.8. The lowest BCUT2D eigenvalue weighted by atomic mass is 10.1. The molecule has 1 atom stereocenters. The molecule has 0 radical (unpaired) electrons. The SMILES string of the molecule is NCCCOc1ccc(S(=O)(=O)NCC2CCSC2)cc1. The Morgan fingerprint density at radius 1 is 1.33 bits per heavy atom. The van der Waals surface area contributed by atoms with Gasteiger partial charge in [-0.2, -0.15) is 11.8 Å². The maximum Gasteiger partial charge on any atom is 0.240 e. The third kappa shape index (κ3) is 5.18. The van der Waals surface area contributed by atoms with Crippen molar-refractivity contribution in [1.29, 1.82) is 0 Å². The van der Waals surface area contributed by atoms with Gasteiger partial charge in [0.25, 0.3) is 0 Å². The van der Waals surface area contributed by atoms with Crippen LogP contribution in [0.4, 0.5) is 0 Å². The number of hydrogen-bond donors (Lipinski definition) is 2. The first-order valence-corrected chi connectivity index (χ1v) is 9.76. The van der Waals surface area contributed by atoms with Gasteiger partial charge in [0.2, 0.25) is 10.0 Å². The molecule has 1 aliphatic rings. The number of hydrogen-bond acceptors (Lipinski definition) is 5. The van der Waals surface area contributed by atoms with Gasteiger partial charge in [0.1, 0.15) is 5.75 Å². The molecule has 1 heterocycles. The minimum absolute atomic E-state index is 0.277. The zero-order valence-electron chi connectivity index (χ0n) is 12.0. The van der Waals surface area contributed by atoms with E-state index in [9.17, 15) is 8.42 Å². The van der Waals surface area contributed by atoms with Crippen LogP contribution in [0.5, 0.6) is 5.75 Å². The highest BCUT2D eigenvalue weighted by Gasteiger charge is 2.20. The van der Waals surface area contributed by atoms with E-state index in [1.165, 1.54) is 0 Å². The van der Waals surface area contributed by atoms with Crippen molar-refractivity contribution >= 4 is 21.8 Å². The van der Waals surface area contributed by atoms with Crippen molar-refractivity contribution in [3.63, 3.8) is 0 Å². The van der Waals surface area contributed by atoms with Crippen LogP contribution in [0.2, 0.25) is 0 Å². The van der Waals surface area contributed by atoms with E-state index >= 15 is 0 Å². The zero-order valence-corrected chi connectivity index (χ0v) is 13.6. The Balaban J connectivity index is 1.89. The van der Waals surface area contributed by atoms with E-state index in [0.29, 0.717) is 31.4 Å². The van der Waals surface area contributed by atoms with Crippen LogP contribution in [-0.2, 0) is 10.0 Å². The van der Waals surface area contributed by atoms with Gasteiger partial charge < -0.3 is 10.5 Å². The highest BCUT2D eigenvalue weighted by atomic mass is 32.2. The Morgan fingerprint density at radius 2 is 2.10 bits per heavy atom. The number of ether oxygens (including phenoxy) is 1. The van der Waals surface area contributed by atoms with Crippen LogP contribution in [0.15, 0.2) is 29.2 Å². The predicted molar refractivity (Wildman–Crippen MR) is 86.2 cm³/mol. The summed E-state index contributed by atoms with van der Waals surface area (Å²) in [6.07, 6.45) is 1.86. The van der Waals surface area contributed by atoms with Gasteiger partial charge in [0, 0.05) is 6.54 Å². The first-order chi connectivity index (χ1) is 10.1. The summed E-state index contributed by atoms with van der Waals surface area (Å²) in [5, 5.41) is 0. The van der Waals surface area contributed by atoms with Gasteiger partial charge in [0.15, 0.2) is 0 Å². The van der Waals surface area contributed by atoms with Gasteiger partial charge in [0.05, 0.1) is 11.5 Å². The number of rotatable bonds is 8. The molecular weight excluding hydrogens is 308 g/mol. The van der Waals surface area contributed by atoms with E-state index in [2.05, 4.69) is 4.72 Å². The predicted octanol–water partition coefficient (Wildman–Crippen LogP) is 1.45. The smallest absolute Gasteiger partial charge is 0.240 e. The summed E-state index contributed by atoms with van der Waals surface area (Å²) in [4.78, 5) is 0.277. The largest absolute Gasteiger partial charge is 0.494 e. The lowest BCUT2D eigenvalue weighted by Gasteiger charge is -2.11. The molecular formula is C14H22N2O3S2. The molecule has 0 aliphatic carbocycles.